The molecule has 0 aliphatic heterocycles. The quantitative estimate of drug-likeness (QED) is 0.0506. The van der Waals surface area contributed by atoms with Gasteiger partial charge in [-0.15, -0.1) is 0 Å². The van der Waals surface area contributed by atoms with Crippen LogP contribution < -0.4 is 0 Å². The smallest absolute Gasteiger partial charge is 0.0848 e. The molecule has 0 spiro atoms. The maximum absolute atomic E-state index is 4.95. The van der Waals surface area contributed by atoms with Gasteiger partial charge in [-0.3, -0.25) is 4.99 Å². The van der Waals surface area contributed by atoms with Crippen LogP contribution in [0.5, 0.6) is 0 Å². The summed E-state index contributed by atoms with van der Waals surface area (Å²) >= 11 is 0. The van der Waals surface area contributed by atoms with Gasteiger partial charge in [0.05, 0.1) is 22.8 Å². The van der Waals surface area contributed by atoms with E-state index in [1.54, 1.807) is 0 Å². The van der Waals surface area contributed by atoms with Crippen LogP contribution in [0.2, 0.25) is 0 Å². The van der Waals surface area contributed by atoms with Crippen LogP contribution >= 0.6 is 0 Å². The van der Waals surface area contributed by atoms with E-state index < -0.39 is 0 Å². The molecule has 0 saturated heterocycles. The van der Waals surface area contributed by atoms with Crippen LogP contribution in [0.1, 0.15) is 162 Å². The van der Waals surface area contributed by atoms with E-state index in [0.29, 0.717) is 0 Å². The van der Waals surface area contributed by atoms with Crippen molar-refractivity contribution >= 4 is 22.8 Å². The second-order valence-corrected chi connectivity index (χ2v) is 12.3. The Kier molecular flexibility index (Phi) is 27.3. The summed E-state index contributed by atoms with van der Waals surface area (Å²) in [5.74, 6) is 0. The fourth-order valence-electron chi connectivity index (χ4n) is 5.70. The van der Waals surface area contributed by atoms with Gasteiger partial charge in [-0.1, -0.05) is 185 Å². The third-order valence-corrected chi connectivity index (χ3v) is 8.41. The molecule has 0 N–H and O–H groups in total. The summed E-state index contributed by atoms with van der Waals surface area (Å²) < 4.78 is 0. The van der Waals surface area contributed by atoms with Gasteiger partial charge in [0, 0.05) is 20.4 Å². The molecule has 0 aliphatic carbocycles. The third-order valence-electron chi connectivity index (χ3n) is 8.41. The van der Waals surface area contributed by atoms with Gasteiger partial charge in [-0.25, -0.2) is 4.99 Å². The maximum atomic E-state index is 4.95. The van der Waals surface area contributed by atoms with Gasteiger partial charge in [0.1, 0.15) is 0 Å². The van der Waals surface area contributed by atoms with Crippen molar-refractivity contribution in [2.75, 3.05) is 0 Å². The number of hydrogen-bond acceptors (Lipinski definition) is 2. The number of aliphatic imine (C=N–C) groups is 2. The Morgan fingerprint density at radius 3 is 1.23 bits per heavy atom. The molecule has 0 saturated carbocycles. The maximum Gasteiger partial charge on any atom is 0.0848 e. The molecule has 44 heavy (non-hydrogen) atoms. The number of benzene rings is 2. The van der Waals surface area contributed by atoms with Crippen molar-refractivity contribution < 1.29 is 20.4 Å². The van der Waals surface area contributed by atoms with E-state index in [9.17, 15) is 0 Å². The Hall–Kier alpha value is -1.82. The Labute approximate surface area is 286 Å². The number of allylic oxidation sites excluding steroid dienone is 2. The Morgan fingerprint density at radius 1 is 0.477 bits per heavy atom. The minimum Gasteiger partial charge on any atom is -0.251 e. The second-order valence-electron chi connectivity index (χ2n) is 12.3. The van der Waals surface area contributed by atoms with Crippen LogP contribution in [0.4, 0.5) is 11.4 Å². The number of rotatable bonds is 27. The first-order valence-corrected chi connectivity index (χ1v) is 18.3. The standard InChI is InChI=1S/C41H64N2.Pd/c1-3-5-6-7-8-9-10-11-12-13-14-15-16-17-18-19-20-21-22-23-24-25-32-37-41(43-39-35-30-27-31-36-39)40(4-2)42-38-33-28-26-29-34-38;/h26-37H,3-25H2,1-2H3;. The van der Waals surface area contributed by atoms with E-state index in [1.807, 2.05) is 36.4 Å². The molecule has 0 heterocycles. The number of nitrogens with zero attached hydrogens (tertiary/aromatic N) is 2. The normalized spacial score (nSPS) is 12.1. The topological polar surface area (TPSA) is 24.7 Å². The molecule has 0 aromatic heterocycles. The fraction of sp³-hybridized carbons (Fsp3) is 0.610. The van der Waals surface area contributed by atoms with Gasteiger partial charge >= 0.3 is 0 Å². The molecule has 2 rings (SSSR count). The minimum atomic E-state index is 0. The molecule has 2 aromatic carbocycles. The van der Waals surface area contributed by atoms with E-state index >= 15 is 0 Å². The summed E-state index contributed by atoms with van der Waals surface area (Å²) in [5, 5.41) is 0. The van der Waals surface area contributed by atoms with Gasteiger partial charge in [0.2, 0.25) is 0 Å². The molecule has 0 fully saturated rings. The van der Waals surface area contributed by atoms with E-state index in [-0.39, 0.29) is 20.4 Å². The molecule has 2 aromatic rings. The van der Waals surface area contributed by atoms with Crippen molar-refractivity contribution in [1.29, 1.82) is 0 Å². The molecule has 0 amide bonds. The van der Waals surface area contributed by atoms with Gasteiger partial charge in [0.15, 0.2) is 0 Å². The molecule has 0 atom stereocenters. The van der Waals surface area contributed by atoms with Crippen LogP contribution in [0.25, 0.3) is 0 Å². The number of para-hydroxylation sites is 2. The van der Waals surface area contributed by atoms with E-state index in [0.717, 1.165) is 35.6 Å². The first kappa shape index (κ1) is 40.2. The van der Waals surface area contributed by atoms with E-state index in [1.165, 1.54) is 135 Å². The van der Waals surface area contributed by atoms with Crippen molar-refractivity contribution in [3.63, 3.8) is 0 Å². The van der Waals surface area contributed by atoms with Crippen LogP contribution in [0.15, 0.2) is 82.8 Å². The summed E-state index contributed by atoms with van der Waals surface area (Å²) in [4.78, 5) is 9.87. The molecule has 2 nitrogen and oxygen atoms in total. The molecular formula is C41H64N2Pd. The van der Waals surface area contributed by atoms with Crippen molar-refractivity contribution in [2.45, 2.75) is 162 Å². The van der Waals surface area contributed by atoms with Crippen molar-refractivity contribution in [3.05, 3.63) is 72.8 Å². The molecular weight excluding hydrogens is 627 g/mol. The summed E-state index contributed by atoms with van der Waals surface area (Å²) in [5.41, 5.74) is 3.97. The van der Waals surface area contributed by atoms with Crippen molar-refractivity contribution in [3.8, 4) is 0 Å². The largest absolute Gasteiger partial charge is 0.251 e. The second kappa shape index (κ2) is 29.9. The Balaban J connectivity index is 0.00000968. The minimum absolute atomic E-state index is 0. The van der Waals surface area contributed by atoms with E-state index in [2.05, 4.69) is 50.3 Å². The molecule has 0 bridgehead atoms. The first-order valence-electron chi connectivity index (χ1n) is 18.3. The zero-order chi connectivity index (χ0) is 30.5. The van der Waals surface area contributed by atoms with Gasteiger partial charge < -0.3 is 0 Å². The first-order chi connectivity index (χ1) is 21.3. The SMILES string of the molecule is CCCCCCCCCCCCCCCCCCCCCCCC=CC(=Nc1ccccc1)C(CC)=Nc1ccccc1.[Pd]. The van der Waals surface area contributed by atoms with Crippen LogP contribution in [-0.2, 0) is 20.4 Å². The average molecular weight is 691 g/mol. The zero-order valence-corrected chi connectivity index (χ0v) is 30.0. The van der Waals surface area contributed by atoms with Crippen molar-refractivity contribution in [2.24, 2.45) is 9.98 Å². The predicted molar refractivity (Wildman–Crippen MR) is 194 cm³/mol. The fourth-order valence-corrected chi connectivity index (χ4v) is 5.70. The summed E-state index contributed by atoms with van der Waals surface area (Å²) in [6, 6.07) is 20.5. The Morgan fingerprint density at radius 2 is 0.841 bits per heavy atom. The van der Waals surface area contributed by atoms with Gasteiger partial charge in [-0.2, -0.15) is 0 Å². The number of unbranched alkanes of at least 4 members (excludes halogenated alkanes) is 21. The zero-order valence-electron chi connectivity index (χ0n) is 28.4. The Bertz CT molecular complexity index is 980. The van der Waals surface area contributed by atoms with Crippen LogP contribution in [0, 0.1) is 0 Å². The summed E-state index contributed by atoms with van der Waals surface area (Å²) in [7, 11) is 0. The van der Waals surface area contributed by atoms with Crippen LogP contribution in [-0.4, -0.2) is 11.4 Å². The van der Waals surface area contributed by atoms with Gasteiger partial charge in [0.25, 0.3) is 0 Å². The predicted octanol–water partition coefficient (Wildman–Crippen LogP) is 14.1. The molecule has 0 radical (unpaired) electrons. The van der Waals surface area contributed by atoms with Crippen molar-refractivity contribution in [1.82, 2.24) is 0 Å². The third kappa shape index (κ3) is 21.8. The summed E-state index contributed by atoms with van der Waals surface area (Å²) in [6.45, 7) is 4.46. The number of hydrogen-bond donors (Lipinski definition) is 0. The monoisotopic (exact) mass is 690 g/mol. The molecule has 0 unspecified atom stereocenters. The van der Waals surface area contributed by atoms with E-state index in [4.69, 9.17) is 9.98 Å². The molecule has 0 aliphatic rings. The summed E-state index contributed by atoms with van der Waals surface area (Å²) in [6.07, 6.45) is 36.4. The van der Waals surface area contributed by atoms with Gasteiger partial charge in [-0.05, 0) is 49.6 Å². The van der Waals surface area contributed by atoms with Crippen LogP contribution in [0.3, 0.4) is 0 Å². The molecule has 3 heteroatoms. The molecule has 248 valence electrons. The average Bonchev–Trinajstić information content (AvgIpc) is 3.04.